The molecule has 172 valence electrons. The molecular formula is C27H28O5S. The van der Waals surface area contributed by atoms with Crippen molar-refractivity contribution in [3.63, 3.8) is 0 Å². The fourth-order valence-electron chi connectivity index (χ4n) is 4.82. The molecule has 2 saturated heterocycles. The van der Waals surface area contributed by atoms with Crippen LogP contribution in [0.25, 0.3) is 0 Å². The third kappa shape index (κ3) is 4.43. The van der Waals surface area contributed by atoms with Crippen LogP contribution in [-0.2, 0) is 24.6 Å². The summed E-state index contributed by atoms with van der Waals surface area (Å²) in [6.07, 6.45) is 3.29. The molecule has 0 atom stereocenters. The van der Waals surface area contributed by atoms with Crippen molar-refractivity contribution in [2.75, 3.05) is 13.2 Å². The van der Waals surface area contributed by atoms with Gasteiger partial charge in [0.05, 0.1) is 23.7 Å². The van der Waals surface area contributed by atoms with E-state index in [9.17, 15) is 8.42 Å². The largest absolute Gasteiger partial charge is 0.457 e. The minimum Gasteiger partial charge on any atom is -0.457 e. The molecule has 1 saturated carbocycles. The van der Waals surface area contributed by atoms with Crippen LogP contribution >= 0.6 is 0 Å². The lowest BCUT2D eigenvalue weighted by Crippen LogP contribution is -2.51. The van der Waals surface area contributed by atoms with Crippen molar-refractivity contribution >= 4 is 10.1 Å². The van der Waals surface area contributed by atoms with Gasteiger partial charge in [-0.3, -0.25) is 4.18 Å². The zero-order chi connectivity index (χ0) is 22.9. The van der Waals surface area contributed by atoms with Crippen LogP contribution in [0.3, 0.4) is 0 Å². The quantitative estimate of drug-likeness (QED) is 0.403. The molecule has 3 fully saturated rings. The molecule has 6 heteroatoms. The Hall–Kier alpha value is -2.67. The van der Waals surface area contributed by atoms with E-state index in [0.717, 1.165) is 48.3 Å². The summed E-state index contributed by atoms with van der Waals surface area (Å²) in [5.41, 5.74) is 1.36. The van der Waals surface area contributed by atoms with Crippen molar-refractivity contribution < 1.29 is 22.1 Å². The first-order valence-corrected chi connectivity index (χ1v) is 12.7. The van der Waals surface area contributed by atoms with Crippen molar-refractivity contribution in [2.24, 2.45) is 5.41 Å². The molecule has 6 rings (SSSR count). The van der Waals surface area contributed by atoms with Gasteiger partial charge in [0.2, 0.25) is 0 Å². The summed E-state index contributed by atoms with van der Waals surface area (Å²) in [6.45, 7) is 2.53. The van der Waals surface area contributed by atoms with Crippen molar-refractivity contribution in [1.29, 1.82) is 0 Å². The smallest absolute Gasteiger partial charge is 0.296 e. The Morgan fingerprint density at radius 1 is 0.848 bits per heavy atom. The van der Waals surface area contributed by atoms with Gasteiger partial charge in [-0.15, -0.1) is 0 Å². The highest BCUT2D eigenvalue weighted by molar-refractivity contribution is 7.86. The monoisotopic (exact) mass is 464 g/mol. The predicted molar refractivity (Wildman–Crippen MR) is 126 cm³/mol. The highest BCUT2D eigenvalue weighted by Crippen LogP contribution is 2.55. The van der Waals surface area contributed by atoms with E-state index in [1.54, 1.807) is 24.3 Å². The van der Waals surface area contributed by atoms with E-state index in [1.165, 1.54) is 0 Å². The van der Waals surface area contributed by atoms with E-state index in [0.29, 0.717) is 6.61 Å². The average Bonchev–Trinajstić information content (AvgIpc) is 2.85. The Kier molecular flexibility index (Phi) is 5.77. The fraction of sp³-hybridized carbons (Fsp3) is 0.333. The molecule has 0 unspecified atom stereocenters. The molecular weight excluding hydrogens is 436 g/mol. The third-order valence-corrected chi connectivity index (χ3v) is 8.23. The number of hydrogen-bond acceptors (Lipinski definition) is 5. The maximum atomic E-state index is 12.7. The van der Waals surface area contributed by atoms with Crippen LogP contribution in [0.1, 0.15) is 36.8 Å². The van der Waals surface area contributed by atoms with Gasteiger partial charge in [-0.2, -0.15) is 8.42 Å². The van der Waals surface area contributed by atoms with Crippen LogP contribution in [0.4, 0.5) is 0 Å². The van der Waals surface area contributed by atoms with Gasteiger partial charge in [-0.05, 0) is 62.9 Å². The number of benzene rings is 3. The summed E-state index contributed by atoms with van der Waals surface area (Å²) in [5, 5.41) is 0. The summed E-state index contributed by atoms with van der Waals surface area (Å²) in [5.74, 6) is 1.59. The Balaban J connectivity index is 1.29. The maximum Gasteiger partial charge on any atom is 0.296 e. The first-order chi connectivity index (χ1) is 15.9. The molecule has 0 aromatic heterocycles. The number of hydrogen-bond donors (Lipinski definition) is 0. The zero-order valence-electron chi connectivity index (χ0n) is 18.7. The Morgan fingerprint density at radius 2 is 1.52 bits per heavy atom. The molecule has 2 aliphatic heterocycles. The minimum absolute atomic E-state index is 0.140. The number of fused-ring (bicyclic) bond motifs is 3. The highest BCUT2D eigenvalue weighted by atomic mass is 32.2. The van der Waals surface area contributed by atoms with Gasteiger partial charge in [0.15, 0.2) is 0 Å². The molecule has 0 radical (unpaired) electrons. The van der Waals surface area contributed by atoms with E-state index in [2.05, 4.69) is 6.07 Å². The number of rotatable bonds is 7. The molecule has 0 amide bonds. The van der Waals surface area contributed by atoms with Crippen molar-refractivity contribution in [2.45, 2.75) is 43.1 Å². The van der Waals surface area contributed by atoms with Crippen molar-refractivity contribution in [3.8, 4) is 11.5 Å². The second kappa shape index (κ2) is 8.60. The molecule has 1 aliphatic carbocycles. The van der Waals surface area contributed by atoms with Crippen LogP contribution in [0.2, 0.25) is 0 Å². The maximum absolute atomic E-state index is 12.7. The summed E-state index contributed by atoms with van der Waals surface area (Å²) in [6, 6.07) is 24.5. The Morgan fingerprint density at radius 3 is 2.18 bits per heavy atom. The van der Waals surface area contributed by atoms with Crippen LogP contribution in [-0.4, -0.2) is 21.6 Å². The summed E-state index contributed by atoms with van der Waals surface area (Å²) >= 11 is 0. The third-order valence-electron chi connectivity index (χ3n) is 6.95. The minimum atomic E-state index is -3.79. The molecule has 3 aromatic rings. The number of para-hydroxylation sites is 2. The Labute approximate surface area is 195 Å². The van der Waals surface area contributed by atoms with Gasteiger partial charge >= 0.3 is 0 Å². The van der Waals surface area contributed by atoms with Gasteiger partial charge in [0.1, 0.15) is 11.5 Å². The van der Waals surface area contributed by atoms with Gasteiger partial charge in [0.25, 0.3) is 10.1 Å². The number of aryl methyl sites for hydroxylation is 1. The van der Waals surface area contributed by atoms with E-state index >= 15 is 0 Å². The molecule has 2 bridgehead atoms. The van der Waals surface area contributed by atoms with Crippen LogP contribution in [0, 0.1) is 12.3 Å². The van der Waals surface area contributed by atoms with Crippen molar-refractivity contribution in [3.05, 3.63) is 90.0 Å². The number of ether oxygens (including phenoxy) is 2. The SMILES string of the molecule is Cc1ccc(S(=O)(=O)OCC23CCC(c4ccccc4Oc4ccccc4)(CC2)OC3)cc1. The van der Waals surface area contributed by atoms with Gasteiger partial charge in [-0.25, -0.2) is 0 Å². The Bertz CT molecular complexity index is 1190. The molecule has 0 N–H and O–H groups in total. The van der Waals surface area contributed by atoms with Crippen molar-refractivity contribution in [1.82, 2.24) is 0 Å². The zero-order valence-corrected chi connectivity index (χ0v) is 19.5. The van der Waals surface area contributed by atoms with Gasteiger partial charge in [-0.1, -0.05) is 54.1 Å². The summed E-state index contributed by atoms with van der Waals surface area (Å²) in [7, 11) is -3.79. The lowest BCUT2D eigenvalue weighted by atomic mass is 9.64. The van der Waals surface area contributed by atoms with Gasteiger partial charge in [0, 0.05) is 11.0 Å². The van der Waals surface area contributed by atoms with E-state index in [4.69, 9.17) is 13.7 Å². The lowest BCUT2D eigenvalue weighted by Gasteiger charge is -2.53. The summed E-state index contributed by atoms with van der Waals surface area (Å²) < 4.78 is 43.5. The molecule has 3 aliphatic rings. The molecule has 0 spiro atoms. The van der Waals surface area contributed by atoms with Gasteiger partial charge < -0.3 is 9.47 Å². The second-order valence-corrected chi connectivity index (χ2v) is 10.8. The van der Waals surface area contributed by atoms with Crippen LogP contribution in [0.15, 0.2) is 83.8 Å². The molecule has 33 heavy (non-hydrogen) atoms. The predicted octanol–water partition coefficient (Wildman–Crippen LogP) is 5.98. The molecule has 5 nitrogen and oxygen atoms in total. The van der Waals surface area contributed by atoms with E-state index in [1.807, 2.05) is 55.5 Å². The first kappa shape index (κ1) is 22.1. The normalized spacial score (nSPS) is 24.5. The fourth-order valence-corrected chi connectivity index (χ4v) is 5.83. The average molecular weight is 465 g/mol. The first-order valence-electron chi connectivity index (χ1n) is 11.3. The second-order valence-electron chi connectivity index (χ2n) is 9.22. The topological polar surface area (TPSA) is 61.8 Å². The van der Waals surface area contributed by atoms with Crippen LogP contribution < -0.4 is 4.74 Å². The molecule has 2 heterocycles. The lowest BCUT2D eigenvalue weighted by molar-refractivity contribution is -0.197. The molecule has 3 aromatic carbocycles. The standard InChI is InChI=1S/C27H28O5S/c1-21-11-13-23(14-12-21)33(28,29)31-20-26-15-17-27(18-16-26,30-19-26)24-9-5-6-10-25(24)32-22-7-3-2-4-8-22/h2-14H,15-20H2,1H3. The van der Waals surface area contributed by atoms with E-state index in [-0.39, 0.29) is 16.9 Å². The van der Waals surface area contributed by atoms with E-state index < -0.39 is 15.7 Å². The van der Waals surface area contributed by atoms with Crippen LogP contribution in [0.5, 0.6) is 11.5 Å². The highest BCUT2D eigenvalue weighted by Gasteiger charge is 2.52. The summed E-state index contributed by atoms with van der Waals surface area (Å²) in [4.78, 5) is 0.193.